The van der Waals surface area contributed by atoms with E-state index in [-0.39, 0.29) is 31.1 Å². The first-order valence-electron chi connectivity index (χ1n) is 25.8. The molecule has 0 saturated heterocycles. The predicted molar refractivity (Wildman–Crippen MR) is 261 cm³/mol. The maximum Gasteiger partial charge on any atom is 0.306 e. The van der Waals surface area contributed by atoms with Crippen LogP contribution in [0.5, 0.6) is 0 Å². The molecule has 0 aliphatic heterocycles. The average molecular weight is 853 g/mol. The van der Waals surface area contributed by atoms with Gasteiger partial charge in [0.1, 0.15) is 13.2 Å². The third kappa shape index (κ3) is 48.0. The Kier molecular flexibility index (Phi) is 47.4. The molecular formula is C55H96O6. The number of rotatable bonds is 46. The van der Waals surface area contributed by atoms with Crippen molar-refractivity contribution in [2.75, 3.05) is 13.2 Å². The standard InChI is InChI=1S/C55H96O6/c1-4-7-10-13-16-19-20-21-22-23-24-25-26-27-28-29-30-31-32-33-34-35-36-37-40-42-45-48-54(57)60-51-52(61-55(58)49-46-43-39-18-15-12-9-6-3)50-59-53(56)47-44-41-38-17-14-11-8-5-2/h7,10,16,19,21-22,24-25,27-28,52H,4-6,8-9,11-15,17-18,20,23,26,29-51H2,1-3H3/b10-7-,19-16-,22-21-,25-24-,28-27-. The Morgan fingerprint density at radius 1 is 0.344 bits per heavy atom. The molecule has 0 amide bonds. The van der Waals surface area contributed by atoms with Crippen molar-refractivity contribution < 1.29 is 28.6 Å². The Labute approximate surface area is 377 Å². The van der Waals surface area contributed by atoms with Crippen LogP contribution in [0, 0.1) is 0 Å². The molecule has 0 heterocycles. The van der Waals surface area contributed by atoms with Crippen molar-refractivity contribution >= 4 is 17.9 Å². The fraction of sp³-hybridized carbons (Fsp3) is 0.764. The highest BCUT2D eigenvalue weighted by atomic mass is 16.6. The molecule has 0 aliphatic rings. The lowest BCUT2D eigenvalue weighted by Crippen LogP contribution is -2.30. The molecular weight excluding hydrogens is 757 g/mol. The van der Waals surface area contributed by atoms with Gasteiger partial charge in [-0.3, -0.25) is 14.4 Å². The Balaban J connectivity index is 4.06. The molecule has 0 fully saturated rings. The molecule has 61 heavy (non-hydrogen) atoms. The van der Waals surface area contributed by atoms with Crippen molar-refractivity contribution in [2.24, 2.45) is 0 Å². The second-order valence-corrected chi connectivity index (χ2v) is 17.1. The highest BCUT2D eigenvalue weighted by Crippen LogP contribution is 2.15. The quantitative estimate of drug-likeness (QED) is 0.0263. The summed E-state index contributed by atoms with van der Waals surface area (Å²) in [6.07, 6.45) is 60.9. The molecule has 1 atom stereocenters. The topological polar surface area (TPSA) is 78.9 Å². The normalized spacial score (nSPS) is 12.5. The molecule has 0 bridgehead atoms. The largest absolute Gasteiger partial charge is 0.462 e. The first-order chi connectivity index (χ1) is 30.0. The second kappa shape index (κ2) is 49.8. The highest BCUT2D eigenvalue weighted by Gasteiger charge is 2.19. The van der Waals surface area contributed by atoms with Crippen LogP contribution in [0.15, 0.2) is 60.8 Å². The maximum atomic E-state index is 12.6. The van der Waals surface area contributed by atoms with E-state index in [1.54, 1.807) is 0 Å². The van der Waals surface area contributed by atoms with Crippen molar-refractivity contribution in [2.45, 2.75) is 258 Å². The summed E-state index contributed by atoms with van der Waals surface area (Å²) < 4.78 is 16.7. The van der Waals surface area contributed by atoms with E-state index in [0.717, 1.165) is 89.9 Å². The van der Waals surface area contributed by atoms with Gasteiger partial charge in [-0.2, -0.15) is 0 Å². The van der Waals surface area contributed by atoms with Crippen molar-refractivity contribution in [1.29, 1.82) is 0 Å². The molecule has 0 saturated carbocycles. The molecule has 6 heteroatoms. The summed E-state index contributed by atoms with van der Waals surface area (Å²) in [5.74, 6) is -0.881. The van der Waals surface area contributed by atoms with E-state index in [1.807, 2.05) is 0 Å². The van der Waals surface area contributed by atoms with Gasteiger partial charge in [0.05, 0.1) is 0 Å². The summed E-state index contributed by atoms with van der Waals surface area (Å²) in [5.41, 5.74) is 0. The average Bonchev–Trinajstić information content (AvgIpc) is 3.26. The lowest BCUT2D eigenvalue weighted by atomic mass is 10.0. The van der Waals surface area contributed by atoms with E-state index in [9.17, 15) is 14.4 Å². The molecule has 0 aromatic carbocycles. The van der Waals surface area contributed by atoms with Gasteiger partial charge in [-0.1, -0.05) is 229 Å². The first-order valence-corrected chi connectivity index (χ1v) is 25.8. The first kappa shape index (κ1) is 58.1. The van der Waals surface area contributed by atoms with Gasteiger partial charge in [-0.05, 0) is 64.2 Å². The van der Waals surface area contributed by atoms with Crippen LogP contribution < -0.4 is 0 Å². The van der Waals surface area contributed by atoms with E-state index in [4.69, 9.17) is 14.2 Å². The van der Waals surface area contributed by atoms with E-state index < -0.39 is 6.10 Å². The molecule has 0 N–H and O–H groups in total. The molecule has 0 aromatic heterocycles. The summed E-state index contributed by atoms with van der Waals surface area (Å²) >= 11 is 0. The number of ether oxygens (including phenoxy) is 3. The summed E-state index contributed by atoms with van der Waals surface area (Å²) in [7, 11) is 0. The predicted octanol–water partition coefficient (Wildman–Crippen LogP) is 16.9. The number of unbranched alkanes of at least 4 members (excludes halogenated alkanes) is 25. The van der Waals surface area contributed by atoms with Gasteiger partial charge in [0.15, 0.2) is 6.10 Å². The smallest absolute Gasteiger partial charge is 0.306 e. The number of carbonyl (C=O) groups excluding carboxylic acids is 3. The second-order valence-electron chi connectivity index (χ2n) is 17.1. The zero-order valence-corrected chi connectivity index (χ0v) is 40.2. The molecule has 0 spiro atoms. The monoisotopic (exact) mass is 853 g/mol. The molecule has 0 radical (unpaired) electrons. The third-order valence-corrected chi connectivity index (χ3v) is 11.0. The minimum atomic E-state index is -0.767. The van der Waals surface area contributed by atoms with E-state index >= 15 is 0 Å². The van der Waals surface area contributed by atoms with Gasteiger partial charge in [0.25, 0.3) is 0 Å². The number of hydrogen-bond acceptors (Lipinski definition) is 6. The molecule has 352 valence electrons. The van der Waals surface area contributed by atoms with Gasteiger partial charge in [0.2, 0.25) is 0 Å². The number of hydrogen-bond donors (Lipinski definition) is 0. The zero-order chi connectivity index (χ0) is 44.4. The zero-order valence-electron chi connectivity index (χ0n) is 40.2. The lowest BCUT2D eigenvalue weighted by Gasteiger charge is -2.18. The Morgan fingerprint density at radius 3 is 1.00 bits per heavy atom. The van der Waals surface area contributed by atoms with Gasteiger partial charge in [-0.25, -0.2) is 0 Å². The van der Waals surface area contributed by atoms with Crippen LogP contribution in [-0.2, 0) is 28.6 Å². The fourth-order valence-corrected chi connectivity index (χ4v) is 7.17. The molecule has 0 aliphatic carbocycles. The van der Waals surface area contributed by atoms with Crippen LogP contribution in [0.2, 0.25) is 0 Å². The Hall–Kier alpha value is -2.89. The molecule has 6 nitrogen and oxygen atoms in total. The van der Waals surface area contributed by atoms with E-state index in [0.29, 0.717) is 19.3 Å². The summed E-state index contributed by atoms with van der Waals surface area (Å²) in [6.45, 7) is 6.46. The van der Waals surface area contributed by atoms with Crippen LogP contribution in [0.3, 0.4) is 0 Å². The minimum absolute atomic E-state index is 0.0720. The minimum Gasteiger partial charge on any atom is -0.462 e. The highest BCUT2D eigenvalue weighted by molar-refractivity contribution is 5.71. The van der Waals surface area contributed by atoms with Crippen molar-refractivity contribution in [3.05, 3.63) is 60.8 Å². The van der Waals surface area contributed by atoms with Gasteiger partial charge < -0.3 is 14.2 Å². The number of allylic oxidation sites excluding steroid dienone is 10. The van der Waals surface area contributed by atoms with Crippen LogP contribution in [0.4, 0.5) is 0 Å². The molecule has 0 rings (SSSR count). The van der Waals surface area contributed by atoms with Crippen LogP contribution >= 0.6 is 0 Å². The maximum absolute atomic E-state index is 12.6. The van der Waals surface area contributed by atoms with Crippen LogP contribution in [0.25, 0.3) is 0 Å². The summed E-state index contributed by atoms with van der Waals surface area (Å²) in [4.78, 5) is 37.6. The van der Waals surface area contributed by atoms with Crippen molar-refractivity contribution in [3.63, 3.8) is 0 Å². The van der Waals surface area contributed by atoms with Crippen molar-refractivity contribution in [1.82, 2.24) is 0 Å². The molecule has 1 unspecified atom stereocenters. The van der Waals surface area contributed by atoms with E-state index in [2.05, 4.69) is 81.5 Å². The number of carbonyl (C=O) groups is 3. The summed E-state index contributed by atoms with van der Waals surface area (Å²) in [6, 6.07) is 0. The summed E-state index contributed by atoms with van der Waals surface area (Å²) in [5, 5.41) is 0. The third-order valence-electron chi connectivity index (χ3n) is 11.0. The Bertz CT molecular complexity index is 1120. The SMILES string of the molecule is CC/C=C\C/C=C\C/C=C\C/C=C\C/C=C\CCCCCCCCCCCCCC(=O)OCC(COC(=O)CCCCCCCCCC)OC(=O)CCCCCCCCCC. The lowest BCUT2D eigenvalue weighted by molar-refractivity contribution is -0.167. The number of esters is 3. The van der Waals surface area contributed by atoms with Gasteiger partial charge in [0, 0.05) is 19.3 Å². The van der Waals surface area contributed by atoms with Crippen molar-refractivity contribution in [3.8, 4) is 0 Å². The van der Waals surface area contributed by atoms with Gasteiger partial charge >= 0.3 is 17.9 Å². The van der Waals surface area contributed by atoms with E-state index in [1.165, 1.54) is 122 Å². The van der Waals surface area contributed by atoms with Crippen LogP contribution in [-0.4, -0.2) is 37.2 Å². The van der Waals surface area contributed by atoms with Gasteiger partial charge in [-0.15, -0.1) is 0 Å². The molecule has 0 aromatic rings. The van der Waals surface area contributed by atoms with Crippen LogP contribution in [0.1, 0.15) is 252 Å². The fourth-order valence-electron chi connectivity index (χ4n) is 7.17. The Morgan fingerprint density at radius 2 is 0.639 bits per heavy atom.